The van der Waals surface area contributed by atoms with Gasteiger partial charge in [-0.25, -0.2) is 9.36 Å². The Hall–Kier alpha value is -3.23. The fourth-order valence-corrected chi connectivity index (χ4v) is 3.78. The first kappa shape index (κ1) is 21.5. The predicted octanol–water partition coefficient (Wildman–Crippen LogP) is 1.64. The molecule has 1 aromatic carbocycles. The van der Waals surface area contributed by atoms with E-state index < -0.39 is 23.7 Å². The van der Waals surface area contributed by atoms with E-state index in [9.17, 15) is 14.4 Å². The van der Waals surface area contributed by atoms with Gasteiger partial charge in [-0.15, -0.1) is 0 Å². The molecule has 162 valence electrons. The number of nitrogen functional groups attached to an aromatic ring is 1. The fraction of sp³-hybridized carbons (Fsp3) is 0.476. The number of carbonyl (C=O) groups excluding carboxylic acids is 1. The minimum atomic E-state index is -0.574. The third-order valence-corrected chi connectivity index (χ3v) is 5.25. The average molecular weight is 415 g/mol. The normalized spacial score (nSPS) is 13.9. The van der Waals surface area contributed by atoms with Gasteiger partial charge in [-0.3, -0.25) is 14.2 Å². The third kappa shape index (κ3) is 4.34. The van der Waals surface area contributed by atoms with Crippen molar-refractivity contribution in [2.75, 3.05) is 36.1 Å². The number of nitrogens with two attached hydrogens (primary N) is 1. The van der Waals surface area contributed by atoms with Crippen LogP contribution in [-0.4, -0.2) is 35.2 Å². The molecule has 3 rings (SSSR count). The molecule has 1 aliphatic rings. The van der Waals surface area contributed by atoms with E-state index in [2.05, 4.69) is 5.32 Å². The molecule has 0 bridgehead atoms. The molecule has 0 unspecified atom stereocenters. The van der Waals surface area contributed by atoms with Gasteiger partial charge >= 0.3 is 5.69 Å². The number of piperidine rings is 1. The van der Waals surface area contributed by atoms with Gasteiger partial charge in [0, 0.05) is 19.6 Å². The van der Waals surface area contributed by atoms with Crippen molar-refractivity contribution < 1.29 is 9.53 Å². The molecule has 1 aromatic heterocycles. The van der Waals surface area contributed by atoms with Crippen LogP contribution >= 0.6 is 0 Å². The molecular weight excluding hydrogens is 386 g/mol. The van der Waals surface area contributed by atoms with Crippen LogP contribution in [0.5, 0.6) is 5.75 Å². The maximum absolute atomic E-state index is 13.2. The summed E-state index contributed by atoms with van der Waals surface area (Å²) < 4.78 is 7.60. The highest BCUT2D eigenvalue weighted by molar-refractivity contribution is 5.92. The molecular formula is C21H29N5O4. The Morgan fingerprint density at radius 2 is 1.83 bits per heavy atom. The lowest BCUT2D eigenvalue weighted by Gasteiger charge is -2.30. The van der Waals surface area contributed by atoms with Gasteiger partial charge in [-0.2, -0.15) is 0 Å². The lowest BCUT2D eigenvalue weighted by molar-refractivity contribution is -0.116. The number of benzene rings is 1. The quantitative estimate of drug-likeness (QED) is 0.711. The number of hydrogen-bond donors (Lipinski definition) is 2. The molecule has 0 radical (unpaired) electrons. The number of ether oxygens (including phenoxy) is 1. The van der Waals surface area contributed by atoms with Gasteiger partial charge in [-0.1, -0.05) is 19.1 Å². The number of nitrogens with one attached hydrogen (secondary N) is 1. The molecule has 3 N–H and O–H groups in total. The number of nitrogens with zero attached hydrogens (tertiary/aromatic N) is 3. The molecule has 30 heavy (non-hydrogen) atoms. The summed E-state index contributed by atoms with van der Waals surface area (Å²) in [5.74, 6) is 0.180. The van der Waals surface area contributed by atoms with Crippen LogP contribution in [0.4, 0.5) is 17.2 Å². The molecule has 1 aliphatic heterocycles. The van der Waals surface area contributed by atoms with E-state index in [0.29, 0.717) is 43.2 Å². The molecule has 0 aliphatic carbocycles. The zero-order valence-corrected chi connectivity index (χ0v) is 17.5. The molecule has 0 saturated carbocycles. The zero-order valence-electron chi connectivity index (χ0n) is 17.5. The molecule has 2 heterocycles. The molecule has 1 saturated heterocycles. The van der Waals surface area contributed by atoms with Crippen molar-refractivity contribution in [1.82, 2.24) is 9.13 Å². The third-order valence-electron chi connectivity index (χ3n) is 5.25. The van der Waals surface area contributed by atoms with Crippen LogP contribution in [0.3, 0.4) is 0 Å². The minimum absolute atomic E-state index is 0.176. The standard InChI is InChI=1S/C21H29N5O4/c1-3-11-25-19(22)18(24-12-7-4-8-13-24)20(28)26(21(25)29)14-17(27)23-15-9-5-6-10-16(15)30-2/h5-6,9-10H,3-4,7-8,11-14,22H2,1-2H3,(H,23,27). The van der Waals surface area contributed by atoms with Crippen LogP contribution in [0.1, 0.15) is 32.6 Å². The molecule has 2 aromatic rings. The first-order chi connectivity index (χ1) is 14.5. The number of methoxy groups -OCH3 is 1. The van der Waals surface area contributed by atoms with Crippen molar-refractivity contribution in [3.05, 3.63) is 45.1 Å². The maximum atomic E-state index is 13.2. The van der Waals surface area contributed by atoms with Gasteiger partial charge in [0.2, 0.25) is 5.91 Å². The van der Waals surface area contributed by atoms with Crippen LogP contribution in [0.25, 0.3) is 0 Å². The number of amides is 1. The first-order valence-corrected chi connectivity index (χ1v) is 10.3. The van der Waals surface area contributed by atoms with E-state index in [-0.39, 0.29) is 5.82 Å². The van der Waals surface area contributed by atoms with Gasteiger partial charge in [0.15, 0.2) is 0 Å². The summed E-state index contributed by atoms with van der Waals surface area (Å²) in [4.78, 5) is 40.8. The second kappa shape index (κ2) is 9.51. The Morgan fingerprint density at radius 3 is 2.50 bits per heavy atom. The zero-order chi connectivity index (χ0) is 21.7. The Kier molecular flexibility index (Phi) is 6.81. The number of anilines is 3. The number of para-hydroxylation sites is 2. The van der Waals surface area contributed by atoms with E-state index in [1.54, 1.807) is 24.3 Å². The largest absolute Gasteiger partial charge is 0.495 e. The Balaban J connectivity index is 1.98. The van der Waals surface area contributed by atoms with Gasteiger partial charge in [0.1, 0.15) is 23.8 Å². The van der Waals surface area contributed by atoms with E-state index in [1.165, 1.54) is 11.7 Å². The summed E-state index contributed by atoms with van der Waals surface area (Å²) in [5, 5.41) is 2.71. The van der Waals surface area contributed by atoms with Crippen molar-refractivity contribution in [3.8, 4) is 5.75 Å². The summed E-state index contributed by atoms with van der Waals surface area (Å²) >= 11 is 0. The summed E-state index contributed by atoms with van der Waals surface area (Å²) in [5.41, 5.74) is 5.94. The maximum Gasteiger partial charge on any atom is 0.333 e. The smallest absolute Gasteiger partial charge is 0.333 e. The summed E-state index contributed by atoms with van der Waals surface area (Å²) in [6, 6.07) is 6.95. The fourth-order valence-electron chi connectivity index (χ4n) is 3.78. The lowest BCUT2D eigenvalue weighted by atomic mass is 10.1. The molecule has 1 fully saturated rings. The van der Waals surface area contributed by atoms with E-state index in [4.69, 9.17) is 10.5 Å². The number of carbonyl (C=O) groups is 1. The van der Waals surface area contributed by atoms with E-state index in [1.807, 2.05) is 11.8 Å². The monoisotopic (exact) mass is 415 g/mol. The molecule has 1 amide bonds. The topological polar surface area (TPSA) is 112 Å². The highest BCUT2D eigenvalue weighted by Crippen LogP contribution is 2.23. The van der Waals surface area contributed by atoms with E-state index >= 15 is 0 Å². The molecule has 9 nitrogen and oxygen atoms in total. The van der Waals surface area contributed by atoms with Crippen molar-refractivity contribution in [3.63, 3.8) is 0 Å². The van der Waals surface area contributed by atoms with E-state index in [0.717, 1.165) is 23.8 Å². The van der Waals surface area contributed by atoms with Crippen LogP contribution in [0, 0.1) is 0 Å². The Labute approximate surface area is 175 Å². The van der Waals surface area contributed by atoms with Crippen molar-refractivity contribution >= 4 is 23.1 Å². The molecule has 9 heteroatoms. The summed E-state index contributed by atoms with van der Waals surface area (Å²) in [6.07, 6.45) is 3.69. The number of aromatic nitrogens is 2. The van der Waals surface area contributed by atoms with Crippen LogP contribution in [0.2, 0.25) is 0 Å². The lowest BCUT2D eigenvalue weighted by Crippen LogP contribution is -2.47. The average Bonchev–Trinajstić information content (AvgIpc) is 2.75. The number of rotatable bonds is 7. The van der Waals surface area contributed by atoms with Gasteiger partial charge < -0.3 is 20.7 Å². The van der Waals surface area contributed by atoms with Crippen LogP contribution in [-0.2, 0) is 17.9 Å². The SMILES string of the molecule is CCCn1c(N)c(N2CCCCC2)c(=O)n(CC(=O)Nc2ccccc2OC)c1=O. The highest BCUT2D eigenvalue weighted by atomic mass is 16.5. The minimum Gasteiger partial charge on any atom is -0.495 e. The second-order valence-electron chi connectivity index (χ2n) is 7.36. The Morgan fingerprint density at radius 1 is 1.13 bits per heavy atom. The second-order valence-corrected chi connectivity index (χ2v) is 7.36. The summed E-state index contributed by atoms with van der Waals surface area (Å²) in [6.45, 7) is 3.31. The van der Waals surface area contributed by atoms with Gasteiger partial charge in [0.05, 0.1) is 12.8 Å². The van der Waals surface area contributed by atoms with Gasteiger partial charge in [0.25, 0.3) is 5.56 Å². The van der Waals surface area contributed by atoms with Crippen LogP contribution < -0.4 is 31.9 Å². The number of hydrogen-bond acceptors (Lipinski definition) is 6. The van der Waals surface area contributed by atoms with Gasteiger partial charge in [-0.05, 0) is 37.8 Å². The Bertz CT molecular complexity index is 1020. The highest BCUT2D eigenvalue weighted by Gasteiger charge is 2.24. The summed E-state index contributed by atoms with van der Waals surface area (Å²) in [7, 11) is 1.50. The first-order valence-electron chi connectivity index (χ1n) is 10.3. The van der Waals surface area contributed by atoms with Crippen molar-refractivity contribution in [2.24, 2.45) is 0 Å². The van der Waals surface area contributed by atoms with Crippen LogP contribution in [0.15, 0.2) is 33.9 Å². The van der Waals surface area contributed by atoms with Crippen molar-refractivity contribution in [2.45, 2.75) is 45.7 Å². The molecule has 0 atom stereocenters. The van der Waals surface area contributed by atoms with Crippen molar-refractivity contribution in [1.29, 1.82) is 0 Å². The molecule has 0 spiro atoms. The predicted molar refractivity (Wildman–Crippen MR) is 117 cm³/mol.